The molecule has 4 N–H and O–H groups in total. The molecule has 2 rings (SSSR count). The van der Waals surface area contributed by atoms with Crippen LogP contribution in [-0.4, -0.2) is 158 Å². The van der Waals surface area contributed by atoms with Crippen molar-refractivity contribution in [1.82, 2.24) is 19.6 Å². The third-order valence-electron chi connectivity index (χ3n) is 5.63. The van der Waals surface area contributed by atoms with Crippen molar-refractivity contribution in [1.29, 1.82) is 0 Å². The Morgan fingerprint density at radius 1 is 0.525 bits per heavy atom. The zero-order chi connectivity index (χ0) is 27.8. The Kier molecular flexibility index (Phi) is 27.9. The van der Waals surface area contributed by atoms with Crippen LogP contribution >= 0.6 is 0 Å². The maximum Gasteiger partial charge on any atom is 0.0895 e. The van der Waals surface area contributed by atoms with E-state index in [1.165, 1.54) is 0 Å². The van der Waals surface area contributed by atoms with Crippen LogP contribution in [0.25, 0.3) is 0 Å². The van der Waals surface area contributed by atoms with Crippen LogP contribution in [0.5, 0.6) is 0 Å². The molecule has 0 amide bonds. The standard InChI is InChI=1S/C15H30N2O4.C11H22N2O4.2CH3/c1-14(18)3-9-20-11-7-16-5-6-17(13-16)8-12-21-10-4-15(2)19;14-5-9-16-7-3-12-1-2-13(11-12)4-8-17-10-6-15;;/h5-6,14-15,18-19H,3-4,7-13H2,1-2H3;1-2,14-15H,3-11H2;2*1H3/q;;2*-1. The van der Waals surface area contributed by atoms with Crippen molar-refractivity contribution in [3.63, 3.8) is 0 Å². The van der Waals surface area contributed by atoms with Gasteiger partial charge in [-0.25, -0.2) is 0 Å². The lowest BCUT2D eigenvalue weighted by Gasteiger charge is -2.21. The molecule has 2 unspecified atom stereocenters. The van der Waals surface area contributed by atoms with Crippen molar-refractivity contribution < 1.29 is 39.4 Å². The molecule has 40 heavy (non-hydrogen) atoms. The summed E-state index contributed by atoms with van der Waals surface area (Å²) in [5.74, 6) is 0. The summed E-state index contributed by atoms with van der Waals surface area (Å²) in [4.78, 5) is 8.67. The predicted molar refractivity (Wildman–Crippen MR) is 158 cm³/mol. The van der Waals surface area contributed by atoms with Gasteiger partial charge in [-0.2, -0.15) is 0 Å². The highest BCUT2D eigenvalue weighted by Crippen LogP contribution is 2.06. The number of hydrogen-bond donors (Lipinski definition) is 4. The second kappa shape index (κ2) is 27.5. The molecule has 2 aliphatic rings. The van der Waals surface area contributed by atoms with Crippen molar-refractivity contribution in [2.45, 2.75) is 38.9 Å². The van der Waals surface area contributed by atoms with Crippen LogP contribution in [0.4, 0.5) is 0 Å². The molecule has 240 valence electrons. The quantitative estimate of drug-likeness (QED) is 0.106. The molecule has 0 aromatic carbocycles. The number of aliphatic hydroxyl groups excluding tert-OH is 4. The van der Waals surface area contributed by atoms with E-state index in [1.807, 2.05) is 12.4 Å². The molecule has 0 fully saturated rings. The summed E-state index contributed by atoms with van der Waals surface area (Å²) in [5.41, 5.74) is 0. The third kappa shape index (κ3) is 23.1. The van der Waals surface area contributed by atoms with E-state index in [1.54, 1.807) is 13.8 Å². The van der Waals surface area contributed by atoms with Gasteiger partial charge < -0.3 is 73.8 Å². The van der Waals surface area contributed by atoms with E-state index in [0.717, 1.165) is 39.5 Å². The molecule has 0 saturated heterocycles. The highest BCUT2D eigenvalue weighted by molar-refractivity contribution is 4.91. The van der Waals surface area contributed by atoms with Crippen LogP contribution in [-0.2, 0) is 18.9 Å². The van der Waals surface area contributed by atoms with Gasteiger partial charge in [-0.3, -0.25) is 0 Å². The van der Waals surface area contributed by atoms with E-state index in [4.69, 9.17) is 39.4 Å². The molecule has 0 bridgehead atoms. The second-order valence-electron chi connectivity index (χ2n) is 9.30. The molecule has 0 radical (unpaired) electrons. The molecule has 0 aliphatic carbocycles. The maximum atomic E-state index is 9.11. The summed E-state index contributed by atoms with van der Waals surface area (Å²) in [7, 11) is 0. The lowest BCUT2D eigenvalue weighted by atomic mass is 10.3. The minimum Gasteiger partial charge on any atom is -0.394 e. The van der Waals surface area contributed by atoms with Gasteiger partial charge in [0.1, 0.15) is 0 Å². The van der Waals surface area contributed by atoms with Gasteiger partial charge in [0, 0.05) is 64.2 Å². The summed E-state index contributed by atoms with van der Waals surface area (Å²) in [6, 6.07) is 0. The van der Waals surface area contributed by atoms with Crippen LogP contribution in [0, 0.1) is 14.9 Å². The summed E-state index contributed by atoms with van der Waals surface area (Å²) in [6.07, 6.45) is 8.96. The fourth-order valence-corrected chi connectivity index (χ4v) is 3.39. The topological polar surface area (TPSA) is 131 Å². The summed E-state index contributed by atoms with van der Waals surface area (Å²) in [5, 5.41) is 35.3. The first-order chi connectivity index (χ1) is 18.4. The summed E-state index contributed by atoms with van der Waals surface area (Å²) < 4.78 is 21.3. The van der Waals surface area contributed by atoms with Crippen molar-refractivity contribution in [2.75, 3.05) is 106 Å². The molecule has 0 aromatic heterocycles. The first-order valence-corrected chi connectivity index (χ1v) is 13.7. The van der Waals surface area contributed by atoms with Gasteiger partial charge in [0.25, 0.3) is 0 Å². The van der Waals surface area contributed by atoms with E-state index in [2.05, 4.69) is 32.0 Å². The lowest BCUT2D eigenvalue weighted by Crippen LogP contribution is -2.30. The van der Waals surface area contributed by atoms with Gasteiger partial charge in [0.15, 0.2) is 0 Å². The molecule has 2 atom stereocenters. The molecule has 12 nitrogen and oxygen atoms in total. The van der Waals surface area contributed by atoms with Gasteiger partial charge in [-0.15, -0.1) is 0 Å². The second-order valence-corrected chi connectivity index (χ2v) is 9.30. The van der Waals surface area contributed by atoms with Crippen LogP contribution in [0.3, 0.4) is 0 Å². The van der Waals surface area contributed by atoms with Crippen LogP contribution in [0.15, 0.2) is 24.8 Å². The van der Waals surface area contributed by atoms with E-state index in [9.17, 15) is 0 Å². The van der Waals surface area contributed by atoms with E-state index in [-0.39, 0.29) is 40.3 Å². The lowest BCUT2D eigenvalue weighted by molar-refractivity contribution is 0.0680. The Bertz CT molecular complexity index is 553. The normalized spacial score (nSPS) is 15.6. The average Bonchev–Trinajstić information content (AvgIpc) is 3.54. The smallest absolute Gasteiger partial charge is 0.0895 e. The van der Waals surface area contributed by atoms with Gasteiger partial charge >= 0.3 is 0 Å². The van der Waals surface area contributed by atoms with Gasteiger partial charge in [0.05, 0.1) is 78.4 Å². The molecule has 0 spiro atoms. The predicted octanol–water partition coefficient (Wildman–Crippen LogP) is 0.559. The Hall–Kier alpha value is -1.64. The minimum atomic E-state index is -0.291. The van der Waals surface area contributed by atoms with Crippen LogP contribution < -0.4 is 0 Å². The van der Waals surface area contributed by atoms with Gasteiger partial charge in [0.2, 0.25) is 0 Å². The van der Waals surface area contributed by atoms with E-state index < -0.39 is 0 Å². The Morgan fingerprint density at radius 3 is 1.05 bits per heavy atom. The number of nitrogens with zero attached hydrogens (tertiary/aromatic N) is 4. The maximum absolute atomic E-state index is 9.11. The minimum absolute atomic E-state index is 0. The largest absolute Gasteiger partial charge is 0.394 e. The zero-order valence-electron chi connectivity index (χ0n) is 25.4. The number of aliphatic hydroxyl groups is 4. The zero-order valence-corrected chi connectivity index (χ0v) is 25.4. The number of hydrogen-bond acceptors (Lipinski definition) is 12. The molecule has 0 aromatic rings. The molecule has 2 aliphatic heterocycles. The first kappa shape index (κ1) is 40.5. The highest BCUT2D eigenvalue weighted by Gasteiger charge is 2.12. The van der Waals surface area contributed by atoms with Crippen molar-refractivity contribution in [3.8, 4) is 0 Å². The highest BCUT2D eigenvalue weighted by atomic mass is 16.5. The van der Waals surface area contributed by atoms with E-state index >= 15 is 0 Å². The first-order valence-electron chi connectivity index (χ1n) is 13.7. The molecule has 2 heterocycles. The average molecular weight is 579 g/mol. The van der Waals surface area contributed by atoms with Crippen LogP contribution in [0.2, 0.25) is 0 Å². The van der Waals surface area contributed by atoms with Gasteiger partial charge in [-0.1, -0.05) is 0 Å². The molecule has 12 heteroatoms. The number of rotatable bonds is 22. The monoisotopic (exact) mass is 578 g/mol. The fourth-order valence-electron chi connectivity index (χ4n) is 3.39. The van der Waals surface area contributed by atoms with Crippen molar-refractivity contribution in [2.24, 2.45) is 0 Å². The third-order valence-corrected chi connectivity index (χ3v) is 5.63. The van der Waals surface area contributed by atoms with E-state index in [0.29, 0.717) is 65.7 Å². The molecule has 0 saturated carbocycles. The van der Waals surface area contributed by atoms with Crippen molar-refractivity contribution in [3.05, 3.63) is 39.7 Å². The SMILES string of the molecule is CC(O)CCOCCN1C=CN(CCOCCC(C)O)C1.OCCOCCN1C=CN(CCOCCO)C1.[CH3-].[CH3-]. The Morgan fingerprint density at radius 2 is 0.800 bits per heavy atom. The van der Waals surface area contributed by atoms with Crippen molar-refractivity contribution >= 4 is 0 Å². The van der Waals surface area contributed by atoms with Gasteiger partial charge in [-0.05, 0) is 26.7 Å². The summed E-state index contributed by atoms with van der Waals surface area (Å²) >= 11 is 0. The number of ether oxygens (including phenoxy) is 4. The Balaban J connectivity index is 0. The summed E-state index contributed by atoms with van der Waals surface area (Å²) in [6.45, 7) is 13.4. The Labute approximate surface area is 243 Å². The van der Waals surface area contributed by atoms with Crippen LogP contribution in [0.1, 0.15) is 26.7 Å². The fraction of sp³-hybridized carbons (Fsp3) is 0.786. The molecular weight excluding hydrogens is 520 g/mol. The molecular formula is C28H58N4O8-2.